The van der Waals surface area contributed by atoms with E-state index in [0.29, 0.717) is 11.7 Å². The van der Waals surface area contributed by atoms with Crippen molar-refractivity contribution in [1.82, 2.24) is 10.6 Å². The summed E-state index contributed by atoms with van der Waals surface area (Å²) >= 11 is 6.70. The monoisotopic (exact) mass is 360 g/mol. The molecule has 0 spiro atoms. The number of thiophene rings is 1. The Labute approximate surface area is 151 Å². The maximum absolute atomic E-state index is 11.8. The van der Waals surface area contributed by atoms with Crippen LogP contribution in [0.15, 0.2) is 47.9 Å². The van der Waals surface area contributed by atoms with Gasteiger partial charge < -0.3 is 10.1 Å². The van der Waals surface area contributed by atoms with Crippen molar-refractivity contribution in [3.05, 3.63) is 58.3 Å². The summed E-state index contributed by atoms with van der Waals surface area (Å²) in [4.78, 5) is 12.8. The van der Waals surface area contributed by atoms with E-state index in [2.05, 4.69) is 10.6 Å². The Hall–Kier alpha value is -2.18. The Morgan fingerprint density at radius 2 is 2.04 bits per heavy atom. The van der Waals surface area contributed by atoms with Gasteiger partial charge in [-0.2, -0.15) is 0 Å². The summed E-state index contributed by atoms with van der Waals surface area (Å²) in [6.45, 7) is 4.52. The minimum atomic E-state index is -0.249. The molecule has 2 rings (SSSR count). The predicted octanol–water partition coefficient (Wildman–Crippen LogP) is 3.74. The predicted molar refractivity (Wildman–Crippen MR) is 103 cm³/mol. The highest BCUT2D eigenvalue weighted by Crippen LogP contribution is 2.13. The lowest BCUT2D eigenvalue weighted by molar-refractivity contribution is -0.115. The Morgan fingerprint density at radius 3 is 2.67 bits per heavy atom. The quantitative estimate of drug-likeness (QED) is 0.609. The minimum Gasteiger partial charge on any atom is -0.491 e. The van der Waals surface area contributed by atoms with E-state index >= 15 is 0 Å². The number of thiocarbonyl (C=S) groups is 1. The summed E-state index contributed by atoms with van der Waals surface area (Å²) in [7, 11) is 0. The molecule has 0 bridgehead atoms. The lowest BCUT2D eigenvalue weighted by atomic mass is 10.2. The van der Waals surface area contributed by atoms with E-state index < -0.39 is 0 Å². The van der Waals surface area contributed by atoms with Crippen LogP contribution in [0.25, 0.3) is 6.08 Å². The highest BCUT2D eigenvalue weighted by atomic mass is 32.1. The molecular weight excluding hydrogens is 340 g/mol. The number of ether oxygens (including phenoxy) is 1. The summed E-state index contributed by atoms with van der Waals surface area (Å²) in [5.41, 5.74) is 1.05. The summed E-state index contributed by atoms with van der Waals surface area (Å²) < 4.78 is 5.59. The second-order valence-corrected chi connectivity index (χ2v) is 6.72. The molecule has 126 valence electrons. The topological polar surface area (TPSA) is 50.4 Å². The van der Waals surface area contributed by atoms with Gasteiger partial charge in [0.05, 0.1) is 6.10 Å². The van der Waals surface area contributed by atoms with Crippen LogP contribution >= 0.6 is 23.6 Å². The van der Waals surface area contributed by atoms with Gasteiger partial charge in [-0.15, -0.1) is 11.3 Å². The average Bonchev–Trinajstić information content (AvgIpc) is 3.05. The first-order valence-corrected chi connectivity index (χ1v) is 8.88. The summed E-state index contributed by atoms with van der Waals surface area (Å²) in [5, 5.41) is 7.90. The van der Waals surface area contributed by atoms with Crippen molar-refractivity contribution in [3.63, 3.8) is 0 Å². The van der Waals surface area contributed by atoms with Crippen molar-refractivity contribution in [3.8, 4) is 5.75 Å². The number of carbonyl (C=O) groups excluding carboxylic acids is 1. The maximum atomic E-state index is 11.8. The smallest absolute Gasteiger partial charge is 0.250 e. The van der Waals surface area contributed by atoms with Gasteiger partial charge in [0.15, 0.2) is 5.11 Å². The molecule has 1 aromatic carbocycles. The van der Waals surface area contributed by atoms with Gasteiger partial charge in [0.2, 0.25) is 5.91 Å². The fourth-order valence-electron chi connectivity index (χ4n) is 1.88. The normalized spacial score (nSPS) is 10.8. The molecule has 0 fully saturated rings. The zero-order valence-corrected chi connectivity index (χ0v) is 15.2. The second kappa shape index (κ2) is 9.20. The van der Waals surface area contributed by atoms with Crippen molar-refractivity contribution >= 4 is 40.7 Å². The molecule has 2 aromatic rings. The van der Waals surface area contributed by atoms with E-state index in [1.54, 1.807) is 17.4 Å². The zero-order chi connectivity index (χ0) is 17.4. The Bertz CT molecular complexity index is 692. The minimum absolute atomic E-state index is 0.152. The molecule has 1 heterocycles. The molecule has 4 nitrogen and oxygen atoms in total. The molecule has 1 amide bonds. The first-order valence-electron chi connectivity index (χ1n) is 7.59. The van der Waals surface area contributed by atoms with Gasteiger partial charge >= 0.3 is 0 Å². The highest BCUT2D eigenvalue weighted by Gasteiger charge is 2.02. The van der Waals surface area contributed by atoms with Crippen LogP contribution in [-0.4, -0.2) is 17.1 Å². The van der Waals surface area contributed by atoms with Crippen molar-refractivity contribution in [1.29, 1.82) is 0 Å². The van der Waals surface area contributed by atoms with Crippen molar-refractivity contribution in [2.45, 2.75) is 26.5 Å². The summed E-state index contributed by atoms with van der Waals surface area (Å²) in [6.07, 6.45) is 3.38. The molecule has 1 aromatic heterocycles. The lowest BCUT2D eigenvalue weighted by Crippen LogP contribution is -2.37. The highest BCUT2D eigenvalue weighted by molar-refractivity contribution is 7.80. The van der Waals surface area contributed by atoms with Crippen LogP contribution in [0.5, 0.6) is 5.75 Å². The van der Waals surface area contributed by atoms with Crippen LogP contribution in [0.4, 0.5) is 0 Å². The number of carbonyl (C=O) groups is 1. The first kappa shape index (κ1) is 18.2. The molecule has 0 atom stereocenters. The molecule has 0 radical (unpaired) electrons. The van der Waals surface area contributed by atoms with Crippen LogP contribution in [0.1, 0.15) is 24.3 Å². The van der Waals surface area contributed by atoms with Crippen LogP contribution in [-0.2, 0) is 11.3 Å². The van der Waals surface area contributed by atoms with Crippen molar-refractivity contribution in [2.24, 2.45) is 0 Å². The molecule has 24 heavy (non-hydrogen) atoms. The van der Waals surface area contributed by atoms with Crippen LogP contribution in [0.3, 0.4) is 0 Å². The molecule has 0 aliphatic rings. The van der Waals surface area contributed by atoms with Gasteiger partial charge in [-0.3, -0.25) is 10.1 Å². The third kappa shape index (κ3) is 6.52. The molecule has 0 saturated carbocycles. The Kier molecular flexibility index (Phi) is 6.96. The second-order valence-electron chi connectivity index (χ2n) is 5.33. The first-order chi connectivity index (χ1) is 11.5. The van der Waals surface area contributed by atoms with Crippen molar-refractivity contribution < 1.29 is 9.53 Å². The molecular formula is C18H20N2O2S2. The van der Waals surface area contributed by atoms with E-state index in [9.17, 15) is 4.79 Å². The summed E-state index contributed by atoms with van der Waals surface area (Å²) in [5.74, 6) is 0.588. The van der Waals surface area contributed by atoms with Gasteiger partial charge in [0.1, 0.15) is 5.75 Å². The van der Waals surface area contributed by atoms with Crippen LogP contribution in [0.2, 0.25) is 0 Å². The van der Waals surface area contributed by atoms with Crippen LogP contribution < -0.4 is 15.4 Å². The third-order valence-corrected chi connectivity index (χ3v) is 4.01. The standard InChI is InChI=1S/C18H20N2O2S2/c1-13(2)22-15-7-5-14(6-8-15)12-19-18(23)20-17(21)10-9-16-4-3-11-24-16/h3-11,13H,12H2,1-2H3,(H2,19,20,21,23)/b10-9+. The van der Waals surface area contributed by atoms with E-state index in [1.807, 2.05) is 55.6 Å². The molecule has 0 saturated heterocycles. The third-order valence-electron chi connectivity index (χ3n) is 2.93. The van der Waals surface area contributed by atoms with Gasteiger partial charge in [0.25, 0.3) is 0 Å². The molecule has 0 aliphatic heterocycles. The molecule has 0 aliphatic carbocycles. The number of hydrogen-bond donors (Lipinski definition) is 2. The number of rotatable bonds is 6. The Morgan fingerprint density at radius 1 is 1.29 bits per heavy atom. The number of nitrogens with one attached hydrogen (secondary N) is 2. The number of amides is 1. The van der Waals surface area contributed by atoms with Gasteiger partial charge in [-0.1, -0.05) is 18.2 Å². The fraction of sp³-hybridized carbons (Fsp3) is 0.222. The largest absolute Gasteiger partial charge is 0.491 e. The van der Waals surface area contributed by atoms with Crippen LogP contribution in [0, 0.1) is 0 Å². The van der Waals surface area contributed by atoms with Gasteiger partial charge in [-0.25, -0.2) is 0 Å². The lowest BCUT2D eigenvalue weighted by Gasteiger charge is -2.11. The molecule has 2 N–H and O–H groups in total. The van der Waals surface area contributed by atoms with E-state index in [0.717, 1.165) is 16.2 Å². The zero-order valence-electron chi connectivity index (χ0n) is 13.6. The van der Waals surface area contributed by atoms with Gasteiger partial charge in [-0.05, 0) is 61.3 Å². The molecule has 6 heteroatoms. The van der Waals surface area contributed by atoms with E-state index in [-0.39, 0.29) is 12.0 Å². The average molecular weight is 361 g/mol. The van der Waals surface area contributed by atoms with Gasteiger partial charge in [0, 0.05) is 17.5 Å². The number of hydrogen-bond acceptors (Lipinski definition) is 4. The maximum Gasteiger partial charge on any atom is 0.250 e. The van der Waals surface area contributed by atoms with E-state index in [4.69, 9.17) is 17.0 Å². The SMILES string of the molecule is CC(C)Oc1ccc(CNC(=S)NC(=O)/C=C/c2cccs2)cc1. The summed E-state index contributed by atoms with van der Waals surface area (Å²) in [6, 6.07) is 11.6. The van der Waals surface area contributed by atoms with Crippen molar-refractivity contribution in [2.75, 3.05) is 0 Å². The number of benzene rings is 1. The molecule has 0 unspecified atom stereocenters. The van der Waals surface area contributed by atoms with E-state index in [1.165, 1.54) is 6.08 Å². The Balaban J connectivity index is 1.75. The fourth-order valence-corrected chi connectivity index (χ4v) is 2.67.